The third-order valence-electron chi connectivity index (χ3n) is 6.67. The summed E-state index contributed by atoms with van der Waals surface area (Å²) in [4.78, 5) is 20.4. The van der Waals surface area contributed by atoms with Gasteiger partial charge < -0.3 is 9.80 Å². The molecule has 0 aliphatic carbocycles. The molecule has 1 fully saturated rings. The molecule has 0 saturated carbocycles. The number of piperazine rings is 1. The number of hydrogen-bond acceptors (Lipinski definition) is 3. The number of likely N-dealkylation sites (N-methyl/N-ethyl adjacent to an activating group) is 1. The summed E-state index contributed by atoms with van der Waals surface area (Å²) in [6.45, 7) is 4.59. The summed E-state index contributed by atoms with van der Waals surface area (Å²) < 4.78 is 0. The first-order valence-electron chi connectivity index (χ1n) is 11.6. The Hall–Kier alpha value is -2.82. The van der Waals surface area contributed by atoms with Crippen LogP contribution in [0.2, 0.25) is 5.02 Å². The van der Waals surface area contributed by atoms with Crippen LogP contribution >= 0.6 is 11.6 Å². The highest BCUT2D eigenvalue weighted by Crippen LogP contribution is 2.38. The van der Waals surface area contributed by atoms with Crippen LogP contribution in [0.25, 0.3) is 0 Å². The van der Waals surface area contributed by atoms with Crippen molar-refractivity contribution in [2.75, 3.05) is 51.7 Å². The highest BCUT2D eigenvalue weighted by Gasteiger charge is 2.43. The zero-order valence-corrected chi connectivity index (χ0v) is 20.2. The van der Waals surface area contributed by atoms with Crippen molar-refractivity contribution in [2.24, 2.45) is 0 Å². The molecule has 1 amide bonds. The van der Waals surface area contributed by atoms with E-state index in [1.807, 2.05) is 68.7 Å². The zero-order chi connectivity index (χ0) is 23.3. The molecular weight excluding hydrogens is 430 g/mol. The van der Waals surface area contributed by atoms with E-state index in [4.69, 9.17) is 11.6 Å². The molecule has 0 aromatic heterocycles. The summed E-state index contributed by atoms with van der Waals surface area (Å²) in [5.41, 5.74) is 2.48. The van der Waals surface area contributed by atoms with Crippen LogP contribution in [0.4, 0.5) is 5.69 Å². The molecule has 3 aromatic rings. The summed E-state index contributed by atoms with van der Waals surface area (Å²) in [7, 11) is 3.71. The Morgan fingerprint density at radius 2 is 1.33 bits per heavy atom. The van der Waals surface area contributed by atoms with Crippen molar-refractivity contribution in [3.05, 3.63) is 101 Å². The van der Waals surface area contributed by atoms with Gasteiger partial charge in [-0.25, -0.2) is 0 Å². The average molecular weight is 462 g/mol. The maximum atomic E-state index is 13.8. The van der Waals surface area contributed by atoms with E-state index in [-0.39, 0.29) is 5.91 Å². The molecular formula is C28H32ClN3O. The van der Waals surface area contributed by atoms with Gasteiger partial charge in [-0.05, 0) is 36.2 Å². The molecule has 3 aromatic carbocycles. The van der Waals surface area contributed by atoms with Crippen LogP contribution in [0.1, 0.15) is 17.5 Å². The Balaban J connectivity index is 1.57. The third kappa shape index (κ3) is 4.92. The third-order valence-corrected chi connectivity index (χ3v) is 6.99. The van der Waals surface area contributed by atoms with Crippen molar-refractivity contribution in [2.45, 2.75) is 11.8 Å². The minimum Gasteiger partial charge on any atom is -0.368 e. The number of hydrogen-bond donors (Lipinski definition) is 0. The molecule has 0 bridgehead atoms. The van der Waals surface area contributed by atoms with E-state index >= 15 is 0 Å². The average Bonchev–Trinajstić information content (AvgIpc) is 2.86. The molecule has 0 radical (unpaired) electrons. The van der Waals surface area contributed by atoms with Crippen molar-refractivity contribution in [3.8, 4) is 0 Å². The highest BCUT2D eigenvalue weighted by atomic mass is 35.5. The quantitative estimate of drug-likeness (QED) is 0.499. The molecule has 172 valence electrons. The van der Waals surface area contributed by atoms with Gasteiger partial charge in [0.15, 0.2) is 0 Å². The van der Waals surface area contributed by atoms with Gasteiger partial charge in [0.2, 0.25) is 5.91 Å². The Morgan fingerprint density at radius 1 is 0.818 bits per heavy atom. The lowest BCUT2D eigenvalue weighted by molar-refractivity contribution is -0.133. The molecule has 1 heterocycles. The van der Waals surface area contributed by atoms with Crippen LogP contribution in [0.15, 0.2) is 84.9 Å². The van der Waals surface area contributed by atoms with Gasteiger partial charge in [0.1, 0.15) is 5.41 Å². The smallest absolute Gasteiger partial charge is 0.237 e. The van der Waals surface area contributed by atoms with Crippen molar-refractivity contribution in [1.29, 1.82) is 0 Å². The normalized spacial score (nSPS) is 14.8. The SMILES string of the molecule is CN(C)C(=O)C(CCN1CCN(c2ccccc2Cl)CC1)(c1ccccc1)c1ccccc1. The Labute approximate surface area is 202 Å². The van der Waals surface area contributed by atoms with Crippen molar-refractivity contribution < 1.29 is 4.79 Å². The van der Waals surface area contributed by atoms with Crippen molar-refractivity contribution in [3.63, 3.8) is 0 Å². The molecule has 0 spiro atoms. The van der Waals surface area contributed by atoms with Crippen molar-refractivity contribution >= 4 is 23.2 Å². The van der Waals surface area contributed by atoms with Gasteiger partial charge in [-0.1, -0.05) is 84.4 Å². The lowest BCUT2D eigenvalue weighted by Gasteiger charge is -2.40. The fraction of sp³-hybridized carbons (Fsp3) is 0.321. The lowest BCUT2D eigenvalue weighted by atomic mass is 9.70. The number of rotatable bonds is 7. The summed E-state index contributed by atoms with van der Waals surface area (Å²) in [5.74, 6) is 0.120. The second kappa shape index (κ2) is 10.4. The fourth-order valence-electron chi connectivity index (χ4n) is 4.88. The van der Waals surface area contributed by atoms with Crippen LogP contribution in [0, 0.1) is 0 Å². The maximum absolute atomic E-state index is 13.8. The predicted molar refractivity (Wildman–Crippen MR) is 137 cm³/mol. The van der Waals surface area contributed by atoms with E-state index in [0.29, 0.717) is 0 Å². The van der Waals surface area contributed by atoms with Crippen molar-refractivity contribution in [1.82, 2.24) is 9.80 Å². The second-order valence-corrected chi connectivity index (χ2v) is 9.27. The Bertz CT molecular complexity index is 1010. The lowest BCUT2D eigenvalue weighted by Crippen LogP contribution is -2.50. The number of amides is 1. The standard InChI is InChI=1S/C28H32ClN3O/c1-30(2)27(33)28(23-11-5-3-6-12-23,24-13-7-4-8-14-24)17-18-31-19-21-32(22-20-31)26-16-10-9-15-25(26)29/h3-16H,17-22H2,1-2H3. The van der Waals surface area contributed by atoms with Crippen LogP contribution in [0.3, 0.4) is 0 Å². The fourth-order valence-corrected chi connectivity index (χ4v) is 5.14. The van der Waals surface area contributed by atoms with Crippen LogP contribution in [-0.4, -0.2) is 62.5 Å². The number of carbonyl (C=O) groups excluding carboxylic acids is 1. The zero-order valence-electron chi connectivity index (χ0n) is 19.5. The molecule has 0 unspecified atom stereocenters. The van der Waals surface area contributed by atoms with E-state index in [1.54, 1.807) is 4.90 Å². The first kappa shape index (κ1) is 23.3. The van der Waals surface area contributed by atoms with Gasteiger partial charge in [0.05, 0.1) is 10.7 Å². The summed E-state index contributed by atoms with van der Waals surface area (Å²) in [6.07, 6.45) is 0.726. The highest BCUT2D eigenvalue weighted by molar-refractivity contribution is 6.33. The number of halogens is 1. The van der Waals surface area contributed by atoms with E-state index < -0.39 is 5.41 Å². The van der Waals surface area contributed by atoms with E-state index in [2.05, 4.69) is 40.1 Å². The molecule has 1 aliphatic rings. The van der Waals surface area contributed by atoms with Gasteiger partial charge in [-0.2, -0.15) is 0 Å². The first-order chi connectivity index (χ1) is 16.0. The number of benzene rings is 3. The molecule has 5 heteroatoms. The van der Waals surface area contributed by atoms with Gasteiger partial charge >= 0.3 is 0 Å². The minimum atomic E-state index is -0.716. The van der Waals surface area contributed by atoms with E-state index in [9.17, 15) is 4.79 Å². The monoisotopic (exact) mass is 461 g/mol. The van der Waals surface area contributed by atoms with Gasteiger partial charge in [-0.15, -0.1) is 0 Å². The molecule has 4 nitrogen and oxygen atoms in total. The molecule has 1 aliphatic heterocycles. The summed E-state index contributed by atoms with van der Waals surface area (Å²) in [5, 5.41) is 0.801. The molecule has 4 rings (SSSR count). The second-order valence-electron chi connectivity index (χ2n) is 8.87. The number of nitrogens with zero attached hydrogens (tertiary/aromatic N) is 3. The van der Waals surface area contributed by atoms with Crippen LogP contribution in [0.5, 0.6) is 0 Å². The predicted octanol–water partition coefficient (Wildman–Crippen LogP) is 4.93. The van der Waals surface area contributed by atoms with Gasteiger partial charge in [-0.3, -0.25) is 9.69 Å². The van der Waals surface area contributed by atoms with Gasteiger partial charge in [0.25, 0.3) is 0 Å². The largest absolute Gasteiger partial charge is 0.368 e. The maximum Gasteiger partial charge on any atom is 0.237 e. The first-order valence-corrected chi connectivity index (χ1v) is 11.9. The van der Waals surface area contributed by atoms with E-state index in [1.165, 1.54) is 0 Å². The number of para-hydroxylation sites is 1. The topological polar surface area (TPSA) is 26.8 Å². The molecule has 0 atom stereocenters. The Morgan fingerprint density at radius 3 is 1.85 bits per heavy atom. The van der Waals surface area contributed by atoms with E-state index in [0.717, 1.165) is 61.0 Å². The molecule has 1 saturated heterocycles. The summed E-state index contributed by atoms with van der Waals surface area (Å²) in [6, 6.07) is 28.5. The Kier molecular flexibility index (Phi) is 7.36. The van der Waals surface area contributed by atoms with Crippen LogP contribution < -0.4 is 4.90 Å². The van der Waals surface area contributed by atoms with Crippen LogP contribution in [-0.2, 0) is 10.2 Å². The summed E-state index contributed by atoms with van der Waals surface area (Å²) >= 11 is 6.42. The number of anilines is 1. The molecule has 0 N–H and O–H groups in total. The number of carbonyl (C=O) groups is 1. The van der Waals surface area contributed by atoms with Gasteiger partial charge in [0, 0.05) is 40.3 Å². The minimum absolute atomic E-state index is 0.120. The molecule has 33 heavy (non-hydrogen) atoms.